The Bertz CT molecular complexity index is 198. The molecule has 0 saturated carbocycles. The third kappa shape index (κ3) is 3.81. The molecule has 1 nitrogen and oxygen atoms in total. The minimum atomic E-state index is -0.698. The zero-order chi connectivity index (χ0) is 8.65. The van der Waals surface area contributed by atoms with Crippen molar-refractivity contribution >= 4 is 15.8 Å². The van der Waals surface area contributed by atoms with Gasteiger partial charge < -0.3 is 0 Å². The normalized spacial score (nSPS) is 10.8. The molecule has 0 bridgehead atoms. The van der Waals surface area contributed by atoms with Gasteiger partial charge in [0.05, 0.1) is 0 Å². The summed E-state index contributed by atoms with van der Waals surface area (Å²) in [7, 11) is 0. The maximum absolute atomic E-state index is 5.70. The molecule has 1 aromatic carbocycles. The zero-order valence-corrected chi connectivity index (χ0v) is 10.6. The zero-order valence-electron chi connectivity index (χ0n) is 7.62. The van der Waals surface area contributed by atoms with Gasteiger partial charge in [0.1, 0.15) is 0 Å². The van der Waals surface area contributed by atoms with Crippen LogP contribution in [0.25, 0.3) is 0 Å². The van der Waals surface area contributed by atoms with Crippen molar-refractivity contribution in [3.05, 3.63) is 30.3 Å². The number of para-hydroxylation sites is 1. The number of hydrogen-bond acceptors (Lipinski definition) is 1. The topological polar surface area (TPSA) is 9.23 Å². The van der Waals surface area contributed by atoms with Crippen molar-refractivity contribution in [1.29, 1.82) is 0 Å². The summed E-state index contributed by atoms with van der Waals surface area (Å²) in [5.41, 5.74) is 0. The van der Waals surface area contributed by atoms with Gasteiger partial charge in [-0.2, -0.15) is 0 Å². The molecule has 0 aliphatic carbocycles. The fourth-order valence-electron chi connectivity index (χ4n) is 1.06. The standard InChI is InChI=1S/C10H16GeO/c1-2-3-9-11-12-10-7-5-4-6-8-10/h4-8H,2-3,9,11H2,1H3. The average molecular weight is 225 g/mol. The molecular weight excluding hydrogens is 209 g/mol. The Kier molecular flexibility index (Phi) is 4.92. The molecule has 0 saturated heterocycles. The predicted molar refractivity (Wildman–Crippen MR) is 55.3 cm³/mol. The van der Waals surface area contributed by atoms with Crippen molar-refractivity contribution in [2.45, 2.75) is 25.0 Å². The predicted octanol–water partition coefficient (Wildman–Crippen LogP) is 2.37. The van der Waals surface area contributed by atoms with Crippen molar-refractivity contribution in [3.63, 3.8) is 0 Å². The van der Waals surface area contributed by atoms with E-state index in [4.69, 9.17) is 3.76 Å². The van der Waals surface area contributed by atoms with Crippen LogP contribution in [0.1, 0.15) is 19.8 Å². The Morgan fingerprint density at radius 1 is 1.25 bits per heavy atom. The summed E-state index contributed by atoms with van der Waals surface area (Å²) in [6.07, 6.45) is 2.64. The maximum atomic E-state index is 5.70. The third-order valence-corrected chi connectivity index (χ3v) is 4.54. The van der Waals surface area contributed by atoms with E-state index in [-0.39, 0.29) is 0 Å². The van der Waals surface area contributed by atoms with Crippen molar-refractivity contribution in [2.24, 2.45) is 0 Å². The van der Waals surface area contributed by atoms with E-state index in [9.17, 15) is 0 Å². The summed E-state index contributed by atoms with van der Waals surface area (Å²) in [6, 6.07) is 10.1. The van der Waals surface area contributed by atoms with E-state index >= 15 is 0 Å². The van der Waals surface area contributed by atoms with E-state index in [1.165, 1.54) is 18.1 Å². The summed E-state index contributed by atoms with van der Waals surface area (Å²) in [5.74, 6) is 1.06. The van der Waals surface area contributed by atoms with Gasteiger partial charge in [0, 0.05) is 0 Å². The van der Waals surface area contributed by atoms with Gasteiger partial charge in [0.15, 0.2) is 0 Å². The fourth-order valence-corrected chi connectivity index (χ4v) is 3.74. The molecule has 12 heavy (non-hydrogen) atoms. The second-order valence-corrected chi connectivity index (χ2v) is 5.81. The van der Waals surface area contributed by atoms with E-state index in [1.54, 1.807) is 0 Å². The van der Waals surface area contributed by atoms with E-state index in [2.05, 4.69) is 6.92 Å². The molecule has 0 aromatic heterocycles. The van der Waals surface area contributed by atoms with Gasteiger partial charge in [0.2, 0.25) is 0 Å². The Labute approximate surface area is 80.9 Å². The van der Waals surface area contributed by atoms with Crippen molar-refractivity contribution in [2.75, 3.05) is 0 Å². The Morgan fingerprint density at radius 2 is 2.00 bits per heavy atom. The van der Waals surface area contributed by atoms with Gasteiger partial charge in [-0.1, -0.05) is 0 Å². The Balaban J connectivity index is 2.16. The van der Waals surface area contributed by atoms with Crippen LogP contribution >= 0.6 is 0 Å². The van der Waals surface area contributed by atoms with Gasteiger partial charge in [-0.25, -0.2) is 0 Å². The van der Waals surface area contributed by atoms with Gasteiger partial charge in [-0.05, 0) is 0 Å². The minimum absolute atomic E-state index is 0.698. The summed E-state index contributed by atoms with van der Waals surface area (Å²) >= 11 is -0.698. The van der Waals surface area contributed by atoms with E-state index in [1.807, 2.05) is 30.3 Å². The van der Waals surface area contributed by atoms with Crippen LogP contribution in [0, 0.1) is 0 Å². The summed E-state index contributed by atoms with van der Waals surface area (Å²) in [6.45, 7) is 2.23. The van der Waals surface area contributed by atoms with E-state index in [0.717, 1.165) is 5.75 Å². The second kappa shape index (κ2) is 6.12. The number of unbranched alkanes of at least 4 members (excludes halogenated alkanes) is 1. The van der Waals surface area contributed by atoms with Gasteiger partial charge in [-0.15, -0.1) is 0 Å². The van der Waals surface area contributed by atoms with E-state index in [0.29, 0.717) is 0 Å². The van der Waals surface area contributed by atoms with Gasteiger partial charge in [0.25, 0.3) is 0 Å². The van der Waals surface area contributed by atoms with Crippen LogP contribution in [0.3, 0.4) is 0 Å². The van der Waals surface area contributed by atoms with Crippen LogP contribution in [0.5, 0.6) is 5.75 Å². The molecular formula is C10H16GeO. The molecule has 1 rings (SSSR count). The first-order valence-electron chi connectivity index (χ1n) is 4.61. The molecule has 0 fully saturated rings. The monoisotopic (exact) mass is 226 g/mol. The molecule has 66 valence electrons. The van der Waals surface area contributed by atoms with Crippen molar-refractivity contribution in [1.82, 2.24) is 0 Å². The van der Waals surface area contributed by atoms with Crippen LogP contribution in [0.15, 0.2) is 30.3 Å². The number of hydrogen-bond donors (Lipinski definition) is 0. The van der Waals surface area contributed by atoms with E-state index < -0.39 is 15.8 Å². The quantitative estimate of drug-likeness (QED) is 0.551. The van der Waals surface area contributed by atoms with Crippen molar-refractivity contribution < 1.29 is 3.76 Å². The third-order valence-electron chi connectivity index (χ3n) is 1.76. The molecule has 0 radical (unpaired) electrons. The van der Waals surface area contributed by atoms with Gasteiger partial charge in [-0.3, -0.25) is 0 Å². The first-order chi connectivity index (χ1) is 5.93. The summed E-state index contributed by atoms with van der Waals surface area (Å²) in [4.78, 5) is 0. The second-order valence-electron chi connectivity index (χ2n) is 2.87. The molecule has 0 heterocycles. The fraction of sp³-hybridized carbons (Fsp3) is 0.400. The summed E-state index contributed by atoms with van der Waals surface area (Å²) < 4.78 is 5.70. The molecule has 0 N–H and O–H groups in total. The molecule has 0 aliphatic rings. The molecule has 0 aliphatic heterocycles. The number of benzene rings is 1. The molecule has 0 atom stereocenters. The molecule has 0 spiro atoms. The molecule has 1 aromatic rings. The molecule has 2 heteroatoms. The Hall–Kier alpha value is -0.437. The van der Waals surface area contributed by atoms with Crippen LogP contribution < -0.4 is 3.76 Å². The number of rotatable bonds is 5. The first-order valence-corrected chi connectivity index (χ1v) is 7.92. The van der Waals surface area contributed by atoms with Crippen LogP contribution in [-0.4, -0.2) is 15.8 Å². The van der Waals surface area contributed by atoms with Crippen molar-refractivity contribution in [3.8, 4) is 5.75 Å². The van der Waals surface area contributed by atoms with Gasteiger partial charge >= 0.3 is 80.6 Å². The molecule has 0 unspecified atom stereocenters. The SMILES string of the molecule is CCC[CH2][GeH2][O]c1ccccc1. The summed E-state index contributed by atoms with van der Waals surface area (Å²) in [5, 5.41) is 1.35. The molecule has 0 amide bonds. The first kappa shape index (κ1) is 9.65. The Morgan fingerprint density at radius 3 is 2.67 bits per heavy atom. The van der Waals surface area contributed by atoms with Crippen LogP contribution in [0.4, 0.5) is 0 Å². The average Bonchev–Trinajstić information content (AvgIpc) is 2.14. The van der Waals surface area contributed by atoms with Crippen LogP contribution in [0.2, 0.25) is 5.25 Å². The van der Waals surface area contributed by atoms with Crippen LogP contribution in [-0.2, 0) is 0 Å².